The fourth-order valence-corrected chi connectivity index (χ4v) is 2.20. The second-order valence-electron chi connectivity index (χ2n) is 3.52. The standard InChI is InChI=1S/C10H12N2O3S/c1-2-15-10(13)8(12-14)9-11-7(5-16-9)6-3-4-6/h5-6,14H,2-4H2,1H3/b12-8-. The lowest BCUT2D eigenvalue weighted by molar-refractivity contribution is -0.135. The van der Waals surface area contributed by atoms with Crippen molar-refractivity contribution in [1.82, 2.24) is 4.98 Å². The van der Waals surface area contributed by atoms with Gasteiger partial charge >= 0.3 is 5.97 Å². The molecular weight excluding hydrogens is 228 g/mol. The minimum Gasteiger partial charge on any atom is -0.461 e. The molecule has 0 unspecified atom stereocenters. The molecule has 1 aliphatic rings. The van der Waals surface area contributed by atoms with Crippen molar-refractivity contribution in [1.29, 1.82) is 0 Å². The molecule has 1 fully saturated rings. The molecule has 0 atom stereocenters. The number of aromatic nitrogens is 1. The average Bonchev–Trinajstić information content (AvgIpc) is 3.01. The van der Waals surface area contributed by atoms with Gasteiger partial charge in [0.1, 0.15) is 0 Å². The Labute approximate surface area is 96.8 Å². The van der Waals surface area contributed by atoms with E-state index in [2.05, 4.69) is 10.1 Å². The van der Waals surface area contributed by atoms with Gasteiger partial charge in [-0.25, -0.2) is 9.78 Å². The molecule has 0 spiro atoms. The molecule has 86 valence electrons. The first kappa shape index (κ1) is 11.1. The smallest absolute Gasteiger partial charge is 0.363 e. The number of hydrogen-bond donors (Lipinski definition) is 1. The molecule has 16 heavy (non-hydrogen) atoms. The Morgan fingerprint density at radius 2 is 2.50 bits per heavy atom. The van der Waals surface area contributed by atoms with E-state index in [1.54, 1.807) is 6.92 Å². The molecule has 0 aliphatic heterocycles. The van der Waals surface area contributed by atoms with Gasteiger partial charge in [0.25, 0.3) is 0 Å². The van der Waals surface area contributed by atoms with Gasteiger partial charge in [-0.15, -0.1) is 11.3 Å². The monoisotopic (exact) mass is 240 g/mol. The Morgan fingerprint density at radius 3 is 3.06 bits per heavy atom. The Bertz CT molecular complexity index is 423. The van der Waals surface area contributed by atoms with Gasteiger partial charge in [0, 0.05) is 11.3 Å². The van der Waals surface area contributed by atoms with Gasteiger partial charge in [0.15, 0.2) is 5.01 Å². The van der Waals surface area contributed by atoms with Crippen LogP contribution in [0.15, 0.2) is 10.5 Å². The van der Waals surface area contributed by atoms with E-state index in [1.165, 1.54) is 11.3 Å². The van der Waals surface area contributed by atoms with Crippen molar-refractivity contribution in [3.05, 3.63) is 16.1 Å². The predicted molar refractivity (Wildman–Crippen MR) is 59.0 cm³/mol. The summed E-state index contributed by atoms with van der Waals surface area (Å²) in [7, 11) is 0. The van der Waals surface area contributed by atoms with E-state index in [0.717, 1.165) is 18.5 Å². The van der Waals surface area contributed by atoms with E-state index < -0.39 is 5.97 Å². The number of oxime groups is 1. The number of thiazole rings is 1. The first-order chi connectivity index (χ1) is 7.76. The lowest BCUT2D eigenvalue weighted by Crippen LogP contribution is -2.18. The third-order valence-electron chi connectivity index (χ3n) is 2.29. The van der Waals surface area contributed by atoms with Crippen LogP contribution in [0.3, 0.4) is 0 Å². The maximum absolute atomic E-state index is 11.4. The zero-order valence-corrected chi connectivity index (χ0v) is 9.66. The first-order valence-corrected chi connectivity index (χ1v) is 5.99. The van der Waals surface area contributed by atoms with Crippen LogP contribution in [0.2, 0.25) is 0 Å². The predicted octanol–water partition coefficient (Wildman–Crippen LogP) is 1.76. The molecule has 5 nitrogen and oxygen atoms in total. The number of hydrogen-bond acceptors (Lipinski definition) is 6. The van der Waals surface area contributed by atoms with Crippen LogP contribution >= 0.6 is 11.3 Å². The highest BCUT2D eigenvalue weighted by Gasteiger charge is 2.28. The molecule has 0 bridgehead atoms. The molecule has 0 amide bonds. The topological polar surface area (TPSA) is 71.8 Å². The lowest BCUT2D eigenvalue weighted by Gasteiger charge is -2.00. The van der Waals surface area contributed by atoms with E-state index in [0.29, 0.717) is 10.9 Å². The van der Waals surface area contributed by atoms with Crippen molar-refractivity contribution in [2.75, 3.05) is 6.61 Å². The van der Waals surface area contributed by atoms with E-state index in [1.807, 2.05) is 5.38 Å². The Hall–Kier alpha value is -1.43. The van der Waals surface area contributed by atoms with Crippen LogP contribution in [0.25, 0.3) is 0 Å². The summed E-state index contributed by atoms with van der Waals surface area (Å²) in [5, 5.41) is 14.1. The van der Waals surface area contributed by atoms with Crippen molar-refractivity contribution in [2.24, 2.45) is 5.16 Å². The van der Waals surface area contributed by atoms with Crippen LogP contribution in [0.1, 0.15) is 36.4 Å². The zero-order chi connectivity index (χ0) is 11.5. The summed E-state index contributed by atoms with van der Waals surface area (Å²) in [6.07, 6.45) is 2.29. The summed E-state index contributed by atoms with van der Waals surface area (Å²) < 4.78 is 4.77. The average molecular weight is 240 g/mol. The Balaban J connectivity index is 2.16. The van der Waals surface area contributed by atoms with Crippen LogP contribution < -0.4 is 0 Å². The number of carbonyl (C=O) groups excluding carboxylic acids is 1. The fraction of sp³-hybridized carbons (Fsp3) is 0.500. The molecule has 0 aromatic carbocycles. The molecule has 1 aromatic rings. The van der Waals surface area contributed by atoms with Crippen LogP contribution in [-0.2, 0) is 9.53 Å². The molecule has 2 rings (SSSR count). The van der Waals surface area contributed by atoms with E-state index in [-0.39, 0.29) is 12.3 Å². The molecule has 1 aliphatic carbocycles. The van der Waals surface area contributed by atoms with E-state index >= 15 is 0 Å². The lowest BCUT2D eigenvalue weighted by atomic mass is 10.3. The molecule has 0 saturated heterocycles. The third kappa shape index (κ3) is 2.21. The van der Waals surface area contributed by atoms with Crippen molar-refractivity contribution >= 4 is 23.0 Å². The van der Waals surface area contributed by atoms with Crippen molar-refractivity contribution in [3.63, 3.8) is 0 Å². The van der Waals surface area contributed by atoms with Crippen LogP contribution in [-0.4, -0.2) is 28.5 Å². The highest BCUT2D eigenvalue weighted by atomic mass is 32.1. The number of ether oxygens (including phenoxy) is 1. The SMILES string of the molecule is CCOC(=O)/C(=N\O)c1nc(C2CC2)cs1. The number of carbonyl (C=O) groups is 1. The summed E-state index contributed by atoms with van der Waals surface area (Å²) in [5.74, 6) is -0.117. The summed E-state index contributed by atoms with van der Waals surface area (Å²) in [6.45, 7) is 1.95. The minimum absolute atomic E-state index is 0.112. The van der Waals surface area contributed by atoms with Crippen LogP contribution in [0, 0.1) is 0 Å². The van der Waals surface area contributed by atoms with Crippen LogP contribution in [0.4, 0.5) is 0 Å². The molecule has 1 aromatic heterocycles. The molecule has 1 heterocycles. The third-order valence-corrected chi connectivity index (χ3v) is 3.16. The zero-order valence-electron chi connectivity index (χ0n) is 8.84. The molecule has 0 radical (unpaired) electrons. The summed E-state index contributed by atoms with van der Waals surface area (Å²) in [5.41, 5.74) is 0.865. The first-order valence-electron chi connectivity index (χ1n) is 5.11. The number of rotatable bonds is 4. The number of nitrogens with zero attached hydrogens (tertiary/aromatic N) is 2. The molecule has 6 heteroatoms. The minimum atomic E-state index is -0.637. The second-order valence-corrected chi connectivity index (χ2v) is 4.38. The van der Waals surface area contributed by atoms with Gasteiger partial charge in [-0.3, -0.25) is 0 Å². The van der Waals surface area contributed by atoms with Crippen molar-refractivity contribution < 1.29 is 14.7 Å². The van der Waals surface area contributed by atoms with E-state index in [9.17, 15) is 4.79 Å². The summed E-state index contributed by atoms with van der Waals surface area (Å²) in [6, 6.07) is 0. The normalized spacial score (nSPS) is 16.2. The maximum atomic E-state index is 11.4. The van der Waals surface area contributed by atoms with Crippen molar-refractivity contribution in [3.8, 4) is 0 Å². The second kappa shape index (κ2) is 4.61. The molecule has 1 saturated carbocycles. The van der Waals surface area contributed by atoms with Crippen LogP contribution in [0.5, 0.6) is 0 Å². The Kier molecular flexibility index (Phi) is 3.19. The molecule has 1 N–H and O–H groups in total. The van der Waals surface area contributed by atoms with Crippen molar-refractivity contribution in [2.45, 2.75) is 25.7 Å². The van der Waals surface area contributed by atoms with Gasteiger partial charge in [-0.1, -0.05) is 5.16 Å². The van der Waals surface area contributed by atoms with Gasteiger partial charge in [0.05, 0.1) is 12.3 Å². The van der Waals surface area contributed by atoms with Gasteiger partial charge in [-0.05, 0) is 19.8 Å². The molecular formula is C10H12N2O3S. The van der Waals surface area contributed by atoms with Gasteiger partial charge in [-0.2, -0.15) is 0 Å². The quantitative estimate of drug-likeness (QED) is 0.377. The maximum Gasteiger partial charge on any atom is 0.363 e. The summed E-state index contributed by atoms with van der Waals surface area (Å²) in [4.78, 5) is 15.7. The highest BCUT2D eigenvalue weighted by molar-refractivity contribution is 7.12. The summed E-state index contributed by atoms with van der Waals surface area (Å²) >= 11 is 1.30. The largest absolute Gasteiger partial charge is 0.461 e. The number of esters is 1. The fourth-order valence-electron chi connectivity index (χ4n) is 1.33. The van der Waals surface area contributed by atoms with E-state index in [4.69, 9.17) is 9.94 Å². The van der Waals surface area contributed by atoms with Gasteiger partial charge < -0.3 is 9.94 Å². The van der Waals surface area contributed by atoms with Gasteiger partial charge in [0.2, 0.25) is 5.71 Å². The highest BCUT2D eigenvalue weighted by Crippen LogP contribution is 2.40. The Morgan fingerprint density at radius 1 is 1.75 bits per heavy atom.